The third kappa shape index (κ3) is 3.08. The van der Waals surface area contributed by atoms with E-state index >= 15 is 0 Å². The average Bonchev–Trinajstić information content (AvgIpc) is 3.12. The molecule has 0 spiro atoms. The van der Waals surface area contributed by atoms with Gasteiger partial charge >= 0.3 is 0 Å². The van der Waals surface area contributed by atoms with Gasteiger partial charge < -0.3 is 10.6 Å². The molecule has 5 rings (SSSR count). The second kappa shape index (κ2) is 7.27. The number of azo groups is 1. The minimum Gasteiger partial charge on any atom is -0.362 e. The number of pyridine rings is 1. The Labute approximate surface area is 192 Å². The largest absolute Gasteiger partial charge is 0.362 e. The van der Waals surface area contributed by atoms with Crippen LogP contribution in [0.25, 0.3) is 11.1 Å². The Bertz CT molecular complexity index is 1230. The normalized spacial score (nSPS) is 25.9. The third-order valence-corrected chi connectivity index (χ3v) is 6.95. The number of rotatable bonds is 3. The monoisotopic (exact) mass is 447 g/mol. The SMILES string of the molecule is CCC1(c2cccc(-c3ccnc(C)c3)c2)C2=C(CC(C)(C)NC2=O)NC2N=NC(Cl)=C21. The van der Waals surface area contributed by atoms with Gasteiger partial charge in [-0.15, -0.1) is 5.11 Å². The maximum absolute atomic E-state index is 13.5. The Balaban J connectivity index is 1.77. The number of aromatic nitrogens is 1. The highest BCUT2D eigenvalue weighted by Gasteiger charge is 2.54. The third-order valence-electron chi connectivity index (χ3n) is 6.67. The zero-order valence-corrected chi connectivity index (χ0v) is 19.4. The summed E-state index contributed by atoms with van der Waals surface area (Å²) >= 11 is 6.63. The highest BCUT2D eigenvalue weighted by Crippen LogP contribution is 2.53. The number of carbonyl (C=O) groups excluding carboxylic acids is 1. The Morgan fingerprint density at radius 2 is 1.97 bits per heavy atom. The quantitative estimate of drug-likeness (QED) is 0.642. The first-order valence-electron chi connectivity index (χ1n) is 10.9. The lowest BCUT2D eigenvalue weighted by molar-refractivity contribution is -0.120. The molecule has 0 saturated carbocycles. The molecule has 32 heavy (non-hydrogen) atoms. The van der Waals surface area contributed by atoms with Crippen molar-refractivity contribution in [1.29, 1.82) is 0 Å². The van der Waals surface area contributed by atoms with Crippen molar-refractivity contribution < 1.29 is 4.79 Å². The van der Waals surface area contributed by atoms with E-state index in [1.54, 1.807) is 0 Å². The Kier molecular flexibility index (Phi) is 4.75. The number of benzene rings is 1. The molecule has 2 atom stereocenters. The number of hydrogen-bond acceptors (Lipinski definition) is 5. The summed E-state index contributed by atoms with van der Waals surface area (Å²) in [6.45, 7) is 8.14. The van der Waals surface area contributed by atoms with E-state index in [-0.39, 0.29) is 17.6 Å². The number of nitrogens with zero attached hydrogens (tertiary/aromatic N) is 3. The zero-order valence-electron chi connectivity index (χ0n) is 18.7. The summed E-state index contributed by atoms with van der Waals surface area (Å²) in [5.41, 5.74) is 5.55. The lowest BCUT2D eigenvalue weighted by atomic mass is 9.62. The van der Waals surface area contributed by atoms with Crippen molar-refractivity contribution in [3.05, 3.63) is 75.9 Å². The molecule has 0 aliphatic carbocycles. The van der Waals surface area contributed by atoms with Crippen LogP contribution in [0.2, 0.25) is 0 Å². The molecular formula is C25H26ClN5O. The summed E-state index contributed by atoms with van der Waals surface area (Å²) in [4.78, 5) is 17.9. The van der Waals surface area contributed by atoms with Crippen LogP contribution in [-0.2, 0) is 10.2 Å². The number of amides is 1. The summed E-state index contributed by atoms with van der Waals surface area (Å²) < 4.78 is 0. The molecule has 2 N–H and O–H groups in total. The number of nitrogens with one attached hydrogen (secondary N) is 2. The highest BCUT2D eigenvalue weighted by molar-refractivity contribution is 6.30. The number of aryl methyl sites for hydroxylation is 1. The summed E-state index contributed by atoms with van der Waals surface area (Å²) in [6, 6.07) is 12.4. The molecule has 1 aromatic heterocycles. The summed E-state index contributed by atoms with van der Waals surface area (Å²) in [6.07, 6.45) is 2.80. The van der Waals surface area contributed by atoms with Crippen molar-refractivity contribution in [2.75, 3.05) is 0 Å². The first kappa shape index (κ1) is 20.9. The zero-order chi connectivity index (χ0) is 22.7. The van der Waals surface area contributed by atoms with Crippen LogP contribution in [0.15, 0.2) is 74.8 Å². The predicted octanol–water partition coefficient (Wildman–Crippen LogP) is 5.10. The fraction of sp³-hybridized carbons (Fsp3) is 0.360. The van der Waals surface area contributed by atoms with Gasteiger partial charge in [-0.25, -0.2) is 0 Å². The van der Waals surface area contributed by atoms with E-state index in [4.69, 9.17) is 11.6 Å². The van der Waals surface area contributed by atoms with E-state index in [0.717, 1.165) is 39.2 Å². The predicted molar refractivity (Wildman–Crippen MR) is 125 cm³/mol. The van der Waals surface area contributed by atoms with Crippen molar-refractivity contribution in [3.8, 4) is 11.1 Å². The fourth-order valence-corrected chi connectivity index (χ4v) is 5.67. The first-order chi connectivity index (χ1) is 15.2. The minimum atomic E-state index is -0.718. The maximum atomic E-state index is 13.5. The number of carbonyl (C=O) groups is 1. The van der Waals surface area contributed by atoms with Crippen LogP contribution in [0.1, 0.15) is 44.9 Å². The molecule has 0 fully saturated rings. The van der Waals surface area contributed by atoms with Crippen LogP contribution < -0.4 is 10.6 Å². The van der Waals surface area contributed by atoms with Gasteiger partial charge in [-0.1, -0.05) is 36.7 Å². The molecule has 0 saturated heterocycles. The second-order valence-electron chi connectivity index (χ2n) is 9.36. The van der Waals surface area contributed by atoms with Gasteiger partial charge in [0, 0.05) is 35.1 Å². The minimum absolute atomic E-state index is 0.0712. The summed E-state index contributed by atoms with van der Waals surface area (Å²) in [5, 5.41) is 15.6. The highest BCUT2D eigenvalue weighted by atomic mass is 35.5. The number of halogens is 1. The topological polar surface area (TPSA) is 78.7 Å². The molecule has 0 radical (unpaired) electrons. The Hall–Kier alpha value is -2.99. The van der Waals surface area contributed by atoms with Crippen molar-refractivity contribution in [1.82, 2.24) is 15.6 Å². The lowest BCUT2D eigenvalue weighted by Crippen LogP contribution is -2.58. The molecule has 7 heteroatoms. The van der Waals surface area contributed by atoms with Crippen molar-refractivity contribution in [3.63, 3.8) is 0 Å². The van der Waals surface area contributed by atoms with Gasteiger partial charge in [-0.05, 0) is 62.1 Å². The molecule has 2 aromatic rings. The van der Waals surface area contributed by atoms with Crippen LogP contribution in [0.4, 0.5) is 0 Å². The summed E-state index contributed by atoms with van der Waals surface area (Å²) in [7, 11) is 0. The van der Waals surface area contributed by atoms with E-state index < -0.39 is 5.41 Å². The van der Waals surface area contributed by atoms with Crippen LogP contribution in [0.3, 0.4) is 0 Å². The number of hydrogen-bond donors (Lipinski definition) is 2. The van der Waals surface area contributed by atoms with Crippen LogP contribution in [0, 0.1) is 6.92 Å². The fourth-order valence-electron chi connectivity index (χ4n) is 5.36. The molecule has 1 amide bonds. The van der Waals surface area contributed by atoms with E-state index in [1.165, 1.54) is 0 Å². The molecule has 3 aliphatic heterocycles. The Morgan fingerprint density at radius 3 is 2.72 bits per heavy atom. The molecule has 3 aliphatic rings. The van der Waals surface area contributed by atoms with Gasteiger partial charge in [-0.2, -0.15) is 5.11 Å². The second-order valence-corrected chi connectivity index (χ2v) is 9.72. The molecule has 4 heterocycles. The lowest BCUT2D eigenvalue weighted by Gasteiger charge is -2.48. The molecule has 164 valence electrons. The van der Waals surface area contributed by atoms with Gasteiger partial charge in [0.05, 0.1) is 11.0 Å². The number of fused-ring (bicyclic) bond motifs is 1. The molecule has 1 aromatic carbocycles. The molecule has 0 bridgehead atoms. The van der Waals surface area contributed by atoms with E-state index in [2.05, 4.69) is 57.0 Å². The van der Waals surface area contributed by atoms with Gasteiger partial charge in [0.2, 0.25) is 0 Å². The van der Waals surface area contributed by atoms with Crippen molar-refractivity contribution in [2.45, 2.75) is 57.7 Å². The standard InChI is InChI=1S/C25H26ClN5O/c1-5-25(17-8-6-7-15(12-17)16-9-10-27-14(2)11-16)19-18(13-24(3,4)29-23(19)32)28-22-20(25)21(26)30-31-22/h6-12,22,28H,5,13H2,1-4H3,(H,29,32). The van der Waals surface area contributed by atoms with Gasteiger partial charge in [0.1, 0.15) is 0 Å². The molecule has 2 unspecified atom stereocenters. The van der Waals surface area contributed by atoms with E-state index in [0.29, 0.717) is 18.0 Å². The van der Waals surface area contributed by atoms with Gasteiger partial charge in [0.15, 0.2) is 11.3 Å². The van der Waals surface area contributed by atoms with E-state index in [1.807, 2.05) is 39.1 Å². The van der Waals surface area contributed by atoms with Crippen molar-refractivity contribution in [2.24, 2.45) is 10.2 Å². The van der Waals surface area contributed by atoms with Crippen LogP contribution in [0.5, 0.6) is 0 Å². The van der Waals surface area contributed by atoms with Crippen LogP contribution in [-0.4, -0.2) is 22.6 Å². The Morgan fingerprint density at radius 1 is 1.19 bits per heavy atom. The smallest absolute Gasteiger partial charge is 0.250 e. The molecular weight excluding hydrogens is 422 g/mol. The first-order valence-corrected chi connectivity index (χ1v) is 11.3. The molecule has 6 nitrogen and oxygen atoms in total. The van der Waals surface area contributed by atoms with Gasteiger partial charge in [-0.3, -0.25) is 9.78 Å². The van der Waals surface area contributed by atoms with E-state index in [9.17, 15) is 4.79 Å². The van der Waals surface area contributed by atoms with Crippen molar-refractivity contribution >= 4 is 17.5 Å². The maximum Gasteiger partial charge on any atom is 0.250 e. The summed E-state index contributed by atoms with van der Waals surface area (Å²) in [5.74, 6) is -0.0712. The average molecular weight is 448 g/mol. The van der Waals surface area contributed by atoms with Gasteiger partial charge in [0.25, 0.3) is 5.91 Å². The van der Waals surface area contributed by atoms with Crippen LogP contribution >= 0.6 is 11.6 Å².